The first kappa shape index (κ1) is 19.3. The van der Waals surface area contributed by atoms with Crippen molar-refractivity contribution in [3.63, 3.8) is 0 Å². The Morgan fingerprint density at radius 2 is 1.90 bits per heavy atom. The molecule has 0 bridgehead atoms. The summed E-state index contributed by atoms with van der Waals surface area (Å²) < 4.78 is 19.8. The number of aryl methyl sites for hydroxylation is 1. The van der Waals surface area contributed by atoms with Crippen molar-refractivity contribution in [2.75, 3.05) is 0 Å². The van der Waals surface area contributed by atoms with Crippen molar-refractivity contribution in [1.29, 1.82) is 0 Å². The van der Waals surface area contributed by atoms with E-state index >= 15 is 0 Å². The standard InChI is InChI=1S/C7H6FI2N.C7H10N2.Pt/c8-7-3-1-6(2-4-7)5-11(9)10;1-3-4-9-6-5-8(2)7-9;/h1-4H,5H2;3,5-6H,1,4H2,2H3;. The van der Waals surface area contributed by atoms with Gasteiger partial charge in [-0.25, -0.2) is 4.39 Å². The molecule has 0 unspecified atom stereocenters. The monoisotopic (exact) mass is 694 g/mol. The number of hydrogen-bond acceptors (Lipinski definition) is 1. The molecule has 7 heteroatoms. The molecule has 0 saturated heterocycles. The van der Waals surface area contributed by atoms with Gasteiger partial charge in [-0.3, -0.25) is 0 Å². The minimum absolute atomic E-state index is 0.179. The summed E-state index contributed by atoms with van der Waals surface area (Å²) in [6.07, 6.45) is 5.97. The van der Waals surface area contributed by atoms with Crippen LogP contribution in [0.2, 0.25) is 0 Å². The Morgan fingerprint density at radius 3 is 2.33 bits per heavy atom. The molecule has 0 aliphatic carbocycles. The Kier molecular flexibility index (Phi) is 9.24. The van der Waals surface area contributed by atoms with E-state index in [1.807, 2.05) is 26.8 Å². The van der Waals surface area contributed by atoms with E-state index in [-0.39, 0.29) is 5.82 Å². The molecular weight excluding hydrogens is 678 g/mol. The molecule has 1 aromatic carbocycles. The fourth-order valence-corrected chi connectivity index (χ4v) is 2.83. The molecule has 0 radical (unpaired) electrons. The van der Waals surface area contributed by atoms with E-state index in [2.05, 4.69) is 80.8 Å². The van der Waals surface area contributed by atoms with Crippen LogP contribution >= 0.6 is 45.7 Å². The maximum atomic E-state index is 12.4. The van der Waals surface area contributed by atoms with Gasteiger partial charge in [0.1, 0.15) is 5.82 Å². The van der Waals surface area contributed by atoms with Crippen LogP contribution in [0.4, 0.5) is 4.39 Å². The zero-order chi connectivity index (χ0) is 15.8. The third-order valence-corrected chi connectivity index (χ3v) is 4.64. The summed E-state index contributed by atoms with van der Waals surface area (Å²) in [6, 6.07) is 6.54. The Bertz CT molecular complexity index is 620. The van der Waals surface area contributed by atoms with Crippen LogP contribution in [0.3, 0.4) is 0 Å². The molecule has 21 heavy (non-hydrogen) atoms. The van der Waals surface area contributed by atoms with Gasteiger partial charge in [0.25, 0.3) is 0 Å². The summed E-state index contributed by atoms with van der Waals surface area (Å²) in [5.41, 5.74) is 1.12. The van der Waals surface area contributed by atoms with E-state index in [0.29, 0.717) is 0 Å². The molecule has 0 saturated carbocycles. The number of halogens is 3. The zero-order valence-electron chi connectivity index (χ0n) is 11.5. The van der Waals surface area contributed by atoms with E-state index in [1.54, 1.807) is 12.1 Å². The minimum Gasteiger partial charge on any atom is -0.207 e. The van der Waals surface area contributed by atoms with Gasteiger partial charge < -0.3 is 0 Å². The smallest absolute Gasteiger partial charge is 0.123 e. The molecule has 0 N–H and O–H groups in total. The normalized spacial score (nSPS) is 10.2. The molecule has 118 valence electrons. The molecule has 0 fully saturated rings. The number of nitrogens with zero attached hydrogens (tertiary/aromatic N) is 3. The Labute approximate surface area is 163 Å². The van der Waals surface area contributed by atoms with Crippen LogP contribution < -0.4 is 0 Å². The van der Waals surface area contributed by atoms with Gasteiger partial charge >= 0.3 is 70.9 Å². The van der Waals surface area contributed by atoms with Gasteiger partial charge in [0.05, 0.1) is 0 Å². The van der Waals surface area contributed by atoms with Gasteiger partial charge in [0.2, 0.25) is 0 Å². The van der Waals surface area contributed by atoms with Crippen molar-refractivity contribution in [3.05, 3.63) is 64.5 Å². The molecule has 2 aromatic rings. The van der Waals surface area contributed by atoms with E-state index in [0.717, 1.165) is 18.7 Å². The van der Waals surface area contributed by atoms with Crippen molar-refractivity contribution < 1.29 is 23.7 Å². The van der Waals surface area contributed by atoms with Gasteiger partial charge in [-0.2, -0.15) is 1.33 Å². The molecule has 1 heterocycles. The van der Waals surface area contributed by atoms with Crippen LogP contribution in [-0.2, 0) is 39.5 Å². The van der Waals surface area contributed by atoms with Gasteiger partial charge in [-0.1, -0.05) is 12.1 Å². The predicted octanol–water partition coefficient (Wildman–Crippen LogP) is 4.42. The maximum absolute atomic E-state index is 12.4. The molecule has 3 nitrogen and oxygen atoms in total. The zero-order valence-corrected chi connectivity index (χ0v) is 18.0. The van der Waals surface area contributed by atoms with Crippen molar-refractivity contribution in [3.8, 4) is 0 Å². The first-order valence-electron chi connectivity index (χ1n) is 6.05. The average molecular weight is 694 g/mol. The van der Waals surface area contributed by atoms with Crippen LogP contribution in [0.15, 0.2) is 49.3 Å². The first-order chi connectivity index (χ1) is 9.93. The fraction of sp³-hybridized carbons (Fsp3) is 0.214. The Balaban J connectivity index is 0.000000211. The summed E-state index contributed by atoms with van der Waals surface area (Å²) in [6.45, 7) is 5.40. The summed E-state index contributed by atoms with van der Waals surface area (Å²) in [4.78, 5) is 0. The van der Waals surface area contributed by atoms with Crippen LogP contribution in [0.25, 0.3) is 0 Å². The molecule has 2 rings (SSSR count). The van der Waals surface area contributed by atoms with Crippen molar-refractivity contribution >= 4 is 45.7 Å². The van der Waals surface area contributed by atoms with E-state index in [9.17, 15) is 4.39 Å². The number of rotatable bonds is 4. The van der Waals surface area contributed by atoms with Crippen LogP contribution in [-0.4, -0.2) is 10.5 Å². The number of hydrogen-bond donors (Lipinski definition) is 0. The predicted molar refractivity (Wildman–Crippen MR) is 96.8 cm³/mol. The quantitative estimate of drug-likeness (QED) is 0.263. The molecule has 0 atom stereocenters. The topological polar surface area (TPSA) is 13.1 Å². The SMILES string of the molecule is C=CCn1ccn(C)[c]1=[Pt].Fc1ccc(CN(I)I)cc1. The Morgan fingerprint density at radius 1 is 1.29 bits per heavy atom. The second kappa shape index (κ2) is 10.1. The summed E-state index contributed by atoms with van der Waals surface area (Å²) in [7, 11) is 2.03. The van der Waals surface area contributed by atoms with Crippen LogP contribution in [0.5, 0.6) is 0 Å². The van der Waals surface area contributed by atoms with E-state index < -0.39 is 0 Å². The number of benzene rings is 1. The van der Waals surface area contributed by atoms with Gasteiger partial charge in [0.15, 0.2) is 0 Å². The molecule has 0 amide bonds. The summed E-state index contributed by atoms with van der Waals surface area (Å²) >= 11 is 6.65. The number of allylic oxidation sites excluding steroid dienone is 1. The third-order valence-electron chi connectivity index (χ3n) is 2.50. The third kappa shape index (κ3) is 7.34. The molecule has 1 aromatic heterocycles. The largest absolute Gasteiger partial charge is 0.207 e. The molecular formula is C14H16FI2N3Pt. The van der Waals surface area contributed by atoms with E-state index in [4.69, 9.17) is 0 Å². The molecule has 0 spiro atoms. The number of imidazole rings is 1. The first-order valence-corrected chi connectivity index (χ1v) is 9.12. The number of aromatic nitrogens is 2. The fourth-order valence-electron chi connectivity index (χ4n) is 1.49. The second-order valence-electron chi connectivity index (χ2n) is 4.18. The molecule has 0 aliphatic heterocycles. The van der Waals surface area contributed by atoms with Gasteiger partial charge in [0, 0.05) is 52.3 Å². The average Bonchev–Trinajstić information content (AvgIpc) is 2.74. The Hall–Kier alpha value is 0.208. The summed E-state index contributed by atoms with van der Waals surface area (Å²) in [5, 5.41) is 0. The summed E-state index contributed by atoms with van der Waals surface area (Å²) in [5.74, 6) is -0.179. The van der Waals surface area contributed by atoms with Crippen molar-refractivity contribution in [2.45, 2.75) is 13.1 Å². The van der Waals surface area contributed by atoms with Crippen LogP contribution in [0, 0.1) is 9.62 Å². The van der Waals surface area contributed by atoms with Crippen molar-refractivity contribution in [2.24, 2.45) is 7.05 Å². The van der Waals surface area contributed by atoms with E-state index in [1.165, 1.54) is 15.9 Å². The van der Waals surface area contributed by atoms with Crippen molar-refractivity contribution in [1.82, 2.24) is 10.5 Å². The molecule has 0 aliphatic rings. The van der Waals surface area contributed by atoms with Gasteiger partial charge in [-0.05, 0) is 17.7 Å². The second-order valence-corrected chi connectivity index (χ2v) is 9.37. The van der Waals surface area contributed by atoms with Crippen LogP contribution in [0.1, 0.15) is 5.56 Å². The maximum Gasteiger partial charge on any atom is 0.123 e. The van der Waals surface area contributed by atoms with Gasteiger partial charge in [-0.15, -0.1) is 0 Å². The minimum atomic E-state index is -0.179.